The molecule has 6 heteroatoms. The molecule has 0 radical (unpaired) electrons. The lowest BCUT2D eigenvalue weighted by Crippen LogP contribution is -2.38. The first-order valence-electron chi connectivity index (χ1n) is 9.07. The zero-order valence-electron chi connectivity index (χ0n) is 14.9. The molecule has 1 amide bonds. The zero-order valence-corrected chi connectivity index (χ0v) is 14.9. The Hall–Kier alpha value is -3.15. The van der Waals surface area contributed by atoms with Crippen molar-refractivity contribution in [2.24, 2.45) is 0 Å². The number of hydrogen-bond donors (Lipinski definition) is 2. The van der Waals surface area contributed by atoms with Crippen LogP contribution in [-0.4, -0.2) is 35.2 Å². The number of anilines is 1. The number of carbonyl (C=O) groups is 1. The van der Waals surface area contributed by atoms with Crippen molar-refractivity contribution < 1.29 is 9.18 Å². The fourth-order valence-electron chi connectivity index (χ4n) is 3.42. The second-order valence-electron chi connectivity index (χ2n) is 6.77. The zero-order chi connectivity index (χ0) is 18.6. The maximum atomic E-state index is 13.7. The molecule has 0 spiro atoms. The number of nitrogens with one attached hydrogen (secondary N) is 2. The van der Waals surface area contributed by atoms with Crippen LogP contribution in [0.5, 0.6) is 0 Å². The number of aromatic nitrogens is 2. The molecular formula is C21H21FN4O. The Morgan fingerprint density at radius 1 is 1.19 bits per heavy atom. The fraction of sp³-hybridized carbons (Fsp3) is 0.238. The Labute approximate surface area is 157 Å². The highest BCUT2D eigenvalue weighted by Crippen LogP contribution is 2.24. The molecule has 1 aromatic heterocycles. The molecule has 2 aromatic carbocycles. The van der Waals surface area contributed by atoms with E-state index < -0.39 is 0 Å². The summed E-state index contributed by atoms with van der Waals surface area (Å²) in [5.74, 6) is 0.379. The summed E-state index contributed by atoms with van der Waals surface area (Å²) in [6.07, 6.45) is 0.903. The van der Waals surface area contributed by atoms with Crippen molar-refractivity contribution in [3.8, 4) is 11.3 Å². The second-order valence-corrected chi connectivity index (χ2v) is 6.77. The lowest BCUT2D eigenvalue weighted by molar-refractivity contribution is -0.121. The van der Waals surface area contributed by atoms with Gasteiger partial charge in [0, 0.05) is 25.2 Å². The lowest BCUT2D eigenvalue weighted by atomic mass is 10.1. The summed E-state index contributed by atoms with van der Waals surface area (Å²) < 4.78 is 13.7. The van der Waals surface area contributed by atoms with E-state index in [1.807, 2.05) is 36.4 Å². The quantitative estimate of drug-likeness (QED) is 0.731. The molecule has 1 saturated heterocycles. The van der Waals surface area contributed by atoms with Crippen LogP contribution in [0.15, 0.2) is 60.7 Å². The Balaban J connectivity index is 1.34. The van der Waals surface area contributed by atoms with Crippen molar-refractivity contribution >= 4 is 11.7 Å². The molecule has 3 aromatic rings. The van der Waals surface area contributed by atoms with Crippen LogP contribution in [0, 0.1) is 5.82 Å². The fourth-order valence-corrected chi connectivity index (χ4v) is 3.42. The van der Waals surface area contributed by atoms with E-state index in [0.29, 0.717) is 12.1 Å². The van der Waals surface area contributed by atoms with Crippen molar-refractivity contribution in [3.63, 3.8) is 0 Å². The molecule has 0 aliphatic carbocycles. The average molecular weight is 364 g/mol. The highest BCUT2D eigenvalue weighted by atomic mass is 19.1. The summed E-state index contributed by atoms with van der Waals surface area (Å²) in [4.78, 5) is 14.4. The Morgan fingerprint density at radius 3 is 2.78 bits per heavy atom. The number of rotatable bonds is 5. The van der Waals surface area contributed by atoms with Crippen LogP contribution in [0.2, 0.25) is 0 Å². The molecule has 0 saturated carbocycles. The Bertz CT molecular complexity index is 925. The maximum Gasteiger partial charge on any atom is 0.224 e. The van der Waals surface area contributed by atoms with Gasteiger partial charge in [0.1, 0.15) is 5.82 Å². The summed E-state index contributed by atoms with van der Waals surface area (Å²) in [7, 11) is 0. The lowest BCUT2D eigenvalue weighted by Gasteiger charge is -2.16. The number of halogens is 1. The molecule has 1 aliphatic rings. The van der Waals surface area contributed by atoms with Crippen LogP contribution in [-0.2, 0) is 11.2 Å². The van der Waals surface area contributed by atoms with E-state index in [9.17, 15) is 9.18 Å². The van der Waals surface area contributed by atoms with Crippen LogP contribution in [0.3, 0.4) is 0 Å². The third-order valence-electron chi connectivity index (χ3n) is 4.84. The van der Waals surface area contributed by atoms with Gasteiger partial charge in [0.25, 0.3) is 0 Å². The van der Waals surface area contributed by atoms with Gasteiger partial charge in [0.2, 0.25) is 5.91 Å². The largest absolute Gasteiger partial charge is 0.353 e. The van der Waals surface area contributed by atoms with Crippen molar-refractivity contribution in [1.82, 2.24) is 15.5 Å². The minimum Gasteiger partial charge on any atom is -0.353 e. The number of amides is 1. The summed E-state index contributed by atoms with van der Waals surface area (Å²) in [5, 5.41) is 10.5. The highest BCUT2D eigenvalue weighted by Gasteiger charge is 2.25. The summed E-state index contributed by atoms with van der Waals surface area (Å²) in [6.45, 7) is 1.52. The van der Waals surface area contributed by atoms with Crippen molar-refractivity contribution in [2.75, 3.05) is 18.0 Å². The normalized spacial score (nSPS) is 16.5. The van der Waals surface area contributed by atoms with E-state index in [2.05, 4.69) is 20.4 Å². The predicted octanol–water partition coefficient (Wildman–Crippen LogP) is 3.15. The Morgan fingerprint density at radius 2 is 1.96 bits per heavy atom. The molecule has 1 aliphatic heterocycles. The third-order valence-corrected chi connectivity index (χ3v) is 4.84. The van der Waals surface area contributed by atoms with E-state index in [1.54, 1.807) is 18.2 Å². The van der Waals surface area contributed by atoms with Gasteiger partial charge in [-0.25, -0.2) is 4.39 Å². The van der Waals surface area contributed by atoms with E-state index >= 15 is 0 Å². The maximum absolute atomic E-state index is 13.7. The van der Waals surface area contributed by atoms with E-state index in [-0.39, 0.29) is 24.2 Å². The predicted molar refractivity (Wildman–Crippen MR) is 103 cm³/mol. The van der Waals surface area contributed by atoms with E-state index in [0.717, 1.165) is 30.0 Å². The van der Waals surface area contributed by atoms with Gasteiger partial charge in [-0.2, -0.15) is 5.10 Å². The van der Waals surface area contributed by atoms with Gasteiger partial charge in [0.15, 0.2) is 5.82 Å². The van der Waals surface area contributed by atoms with Gasteiger partial charge in [-0.3, -0.25) is 9.89 Å². The number of carbonyl (C=O) groups excluding carboxylic acids is 1. The Kier molecular flexibility index (Phi) is 4.87. The molecule has 2 heterocycles. The molecule has 138 valence electrons. The second kappa shape index (κ2) is 7.61. The topological polar surface area (TPSA) is 61.0 Å². The van der Waals surface area contributed by atoms with Crippen LogP contribution < -0.4 is 10.2 Å². The minimum atomic E-state index is -0.342. The van der Waals surface area contributed by atoms with Crippen molar-refractivity contribution in [2.45, 2.75) is 18.9 Å². The molecule has 1 atom stereocenters. The SMILES string of the molecule is O=C(Cc1ccccc1F)NC1CCN(c2cc(-c3ccccc3)[nH]n2)C1. The number of hydrogen-bond acceptors (Lipinski definition) is 3. The van der Waals surface area contributed by atoms with Gasteiger partial charge < -0.3 is 10.2 Å². The van der Waals surface area contributed by atoms with Crippen LogP contribution >= 0.6 is 0 Å². The average Bonchev–Trinajstić information content (AvgIpc) is 3.34. The molecule has 27 heavy (non-hydrogen) atoms. The standard InChI is InChI=1S/C21H21FN4O/c22-18-9-5-4-8-16(18)12-21(27)23-17-10-11-26(14-17)20-13-19(24-25-20)15-6-2-1-3-7-15/h1-9,13,17H,10-12,14H2,(H,23,27)(H,24,25). The smallest absolute Gasteiger partial charge is 0.224 e. The molecular weight excluding hydrogens is 343 g/mol. The minimum absolute atomic E-state index is 0.0427. The summed E-state index contributed by atoms with van der Waals surface area (Å²) in [5.41, 5.74) is 2.48. The number of benzene rings is 2. The number of H-pyrrole nitrogens is 1. The highest BCUT2D eigenvalue weighted by molar-refractivity contribution is 5.79. The van der Waals surface area contributed by atoms with Gasteiger partial charge in [-0.15, -0.1) is 0 Å². The first-order chi connectivity index (χ1) is 13.2. The van der Waals surface area contributed by atoms with Gasteiger partial charge in [-0.1, -0.05) is 48.5 Å². The van der Waals surface area contributed by atoms with Gasteiger partial charge in [-0.05, 0) is 23.6 Å². The molecule has 4 rings (SSSR count). The molecule has 5 nitrogen and oxygen atoms in total. The first kappa shape index (κ1) is 17.3. The summed E-state index contributed by atoms with van der Waals surface area (Å²) >= 11 is 0. The summed E-state index contributed by atoms with van der Waals surface area (Å²) in [6, 6.07) is 18.5. The molecule has 1 unspecified atom stereocenters. The van der Waals surface area contributed by atoms with Crippen LogP contribution in [0.1, 0.15) is 12.0 Å². The third kappa shape index (κ3) is 4.00. The van der Waals surface area contributed by atoms with Crippen molar-refractivity contribution in [1.29, 1.82) is 0 Å². The van der Waals surface area contributed by atoms with Gasteiger partial charge in [0.05, 0.1) is 12.1 Å². The van der Waals surface area contributed by atoms with Crippen molar-refractivity contribution in [3.05, 3.63) is 72.0 Å². The molecule has 0 bridgehead atoms. The van der Waals surface area contributed by atoms with E-state index in [4.69, 9.17) is 0 Å². The van der Waals surface area contributed by atoms with E-state index in [1.165, 1.54) is 6.07 Å². The number of nitrogens with zero attached hydrogens (tertiary/aromatic N) is 2. The van der Waals surface area contributed by atoms with Crippen LogP contribution in [0.25, 0.3) is 11.3 Å². The monoisotopic (exact) mass is 364 g/mol. The molecule has 2 N–H and O–H groups in total. The van der Waals surface area contributed by atoms with Crippen LogP contribution in [0.4, 0.5) is 10.2 Å². The van der Waals surface area contributed by atoms with Gasteiger partial charge >= 0.3 is 0 Å². The molecule has 1 fully saturated rings. The first-order valence-corrected chi connectivity index (χ1v) is 9.07. The number of aromatic amines is 1.